The number of benzene rings is 1. The Labute approximate surface area is 94.4 Å². The fraction of sp³-hybridized carbons (Fsp3) is 0.364. The van der Waals surface area contributed by atoms with Crippen molar-refractivity contribution < 1.29 is 9.53 Å². The summed E-state index contributed by atoms with van der Waals surface area (Å²) in [5.41, 5.74) is 1.71. The summed E-state index contributed by atoms with van der Waals surface area (Å²) in [6.45, 7) is 4.36. The van der Waals surface area contributed by atoms with E-state index in [1.54, 1.807) is 18.2 Å². The van der Waals surface area contributed by atoms with Gasteiger partial charge in [0.2, 0.25) is 5.91 Å². The molecule has 0 saturated carbocycles. The zero-order chi connectivity index (χ0) is 11.3. The van der Waals surface area contributed by atoms with E-state index in [4.69, 9.17) is 16.3 Å². The van der Waals surface area contributed by atoms with Crippen LogP contribution in [0.3, 0.4) is 0 Å². The molecule has 82 valence electrons. The van der Waals surface area contributed by atoms with Gasteiger partial charge in [-0.1, -0.05) is 11.6 Å². The minimum atomic E-state index is -0.151. The van der Waals surface area contributed by atoms with Gasteiger partial charge < -0.3 is 10.1 Å². The maximum atomic E-state index is 11.3. The molecule has 0 fully saturated rings. The highest BCUT2D eigenvalue weighted by Crippen LogP contribution is 2.19. The van der Waals surface area contributed by atoms with Crippen LogP contribution in [-0.2, 0) is 9.53 Å². The molecule has 1 N–H and O–H groups in total. The van der Waals surface area contributed by atoms with Gasteiger partial charge >= 0.3 is 0 Å². The maximum Gasteiger partial charge on any atom is 0.250 e. The molecule has 1 amide bonds. The number of rotatable bonds is 4. The van der Waals surface area contributed by atoms with Crippen molar-refractivity contribution in [1.82, 2.24) is 0 Å². The molecule has 0 aliphatic carbocycles. The fourth-order valence-corrected chi connectivity index (χ4v) is 1.38. The van der Waals surface area contributed by atoms with Crippen LogP contribution in [0.2, 0.25) is 5.02 Å². The summed E-state index contributed by atoms with van der Waals surface area (Å²) in [6.07, 6.45) is 0. The largest absolute Gasteiger partial charge is 0.372 e. The summed E-state index contributed by atoms with van der Waals surface area (Å²) in [6, 6.07) is 5.32. The number of carbonyl (C=O) groups excluding carboxylic acids is 1. The van der Waals surface area contributed by atoms with Crippen molar-refractivity contribution in [3.63, 3.8) is 0 Å². The number of amides is 1. The van der Waals surface area contributed by atoms with Gasteiger partial charge in [-0.3, -0.25) is 4.79 Å². The van der Waals surface area contributed by atoms with Crippen molar-refractivity contribution in [2.45, 2.75) is 13.8 Å². The molecule has 0 aromatic heterocycles. The van der Waals surface area contributed by atoms with E-state index in [1.165, 1.54) is 0 Å². The third-order valence-electron chi connectivity index (χ3n) is 1.90. The zero-order valence-corrected chi connectivity index (χ0v) is 9.60. The van der Waals surface area contributed by atoms with E-state index < -0.39 is 0 Å². The zero-order valence-electron chi connectivity index (χ0n) is 8.84. The SMILES string of the molecule is CCOCC(=O)Nc1ccc(Cl)cc1C. The molecule has 0 spiro atoms. The quantitative estimate of drug-likeness (QED) is 0.859. The average Bonchev–Trinajstić information content (AvgIpc) is 2.19. The minimum Gasteiger partial charge on any atom is -0.372 e. The van der Waals surface area contributed by atoms with Crippen molar-refractivity contribution in [2.24, 2.45) is 0 Å². The van der Waals surface area contributed by atoms with Crippen molar-refractivity contribution in [3.8, 4) is 0 Å². The van der Waals surface area contributed by atoms with Crippen LogP contribution in [0, 0.1) is 6.92 Å². The summed E-state index contributed by atoms with van der Waals surface area (Å²) >= 11 is 5.80. The molecule has 4 heteroatoms. The second-order valence-corrected chi connectivity index (χ2v) is 3.58. The molecule has 15 heavy (non-hydrogen) atoms. The molecule has 3 nitrogen and oxygen atoms in total. The molecule has 0 heterocycles. The third-order valence-corrected chi connectivity index (χ3v) is 2.13. The normalized spacial score (nSPS) is 10.1. The summed E-state index contributed by atoms with van der Waals surface area (Å²) in [4.78, 5) is 11.3. The number of carbonyl (C=O) groups is 1. The molecule has 1 aromatic carbocycles. The average molecular weight is 228 g/mol. The number of halogens is 1. The summed E-state index contributed by atoms with van der Waals surface area (Å²) in [5.74, 6) is -0.151. The highest BCUT2D eigenvalue weighted by molar-refractivity contribution is 6.30. The van der Waals surface area contributed by atoms with Gasteiger partial charge in [-0.25, -0.2) is 0 Å². The summed E-state index contributed by atoms with van der Waals surface area (Å²) in [7, 11) is 0. The Morgan fingerprint density at radius 3 is 2.87 bits per heavy atom. The van der Waals surface area contributed by atoms with E-state index in [-0.39, 0.29) is 12.5 Å². The Bertz CT molecular complexity index is 352. The van der Waals surface area contributed by atoms with Crippen molar-refractivity contribution in [1.29, 1.82) is 0 Å². The van der Waals surface area contributed by atoms with Gasteiger partial charge in [0, 0.05) is 17.3 Å². The first-order chi connectivity index (χ1) is 7.13. The topological polar surface area (TPSA) is 38.3 Å². The van der Waals surface area contributed by atoms with Crippen LogP contribution in [0.25, 0.3) is 0 Å². The van der Waals surface area contributed by atoms with E-state index in [0.717, 1.165) is 11.3 Å². The van der Waals surface area contributed by atoms with Crippen LogP contribution in [0.1, 0.15) is 12.5 Å². The van der Waals surface area contributed by atoms with Gasteiger partial charge in [0.25, 0.3) is 0 Å². The molecule has 1 rings (SSSR count). The van der Waals surface area contributed by atoms with E-state index in [2.05, 4.69) is 5.32 Å². The van der Waals surface area contributed by atoms with Gasteiger partial charge in [-0.05, 0) is 37.6 Å². The Morgan fingerprint density at radius 1 is 1.53 bits per heavy atom. The van der Waals surface area contributed by atoms with Crippen LogP contribution >= 0.6 is 11.6 Å². The standard InChI is InChI=1S/C11H14ClNO2/c1-3-15-7-11(14)13-10-5-4-9(12)6-8(10)2/h4-6H,3,7H2,1-2H3,(H,13,14). The number of ether oxygens (including phenoxy) is 1. The Balaban J connectivity index is 2.60. The smallest absolute Gasteiger partial charge is 0.250 e. The predicted octanol–water partition coefficient (Wildman–Crippen LogP) is 2.62. The highest BCUT2D eigenvalue weighted by Gasteiger charge is 2.04. The molecule has 0 unspecified atom stereocenters. The molecular weight excluding hydrogens is 214 g/mol. The molecule has 0 aliphatic heterocycles. The minimum absolute atomic E-state index is 0.0819. The van der Waals surface area contributed by atoms with Crippen molar-refractivity contribution in [2.75, 3.05) is 18.5 Å². The third kappa shape index (κ3) is 3.90. The van der Waals surface area contributed by atoms with Crippen LogP contribution in [0.4, 0.5) is 5.69 Å². The molecule has 0 bridgehead atoms. The number of nitrogens with one attached hydrogen (secondary N) is 1. The summed E-state index contributed by atoms with van der Waals surface area (Å²) < 4.78 is 4.99. The highest BCUT2D eigenvalue weighted by atomic mass is 35.5. The first kappa shape index (κ1) is 12.0. The molecule has 0 saturated heterocycles. The number of anilines is 1. The lowest BCUT2D eigenvalue weighted by atomic mass is 10.2. The van der Waals surface area contributed by atoms with Crippen LogP contribution in [0.5, 0.6) is 0 Å². The predicted molar refractivity (Wildman–Crippen MR) is 61.3 cm³/mol. The molecule has 0 radical (unpaired) electrons. The number of hydrogen-bond acceptors (Lipinski definition) is 2. The molecular formula is C11H14ClNO2. The van der Waals surface area contributed by atoms with Crippen molar-refractivity contribution >= 4 is 23.2 Å². The second kappa shape index (κ2) is 5.73. The molecule has 0 atom stereocenters. The van der Waals surface area contributed by atoms with Gasteiger partial charge in [-0.2, -0.15) is 0 Å². The first-order valence-electron chi connectivity index (χ1n) is 4.77. The van der Waals surface area contributed by atoms with Crippen LogP contribution < -0.4 is 5.32 Å². The lowest BCUT2D eigenvalue weighted by Crippen LogP contribution is -2.18. The second-order valence-electron chi connectivity index (χ2n) is 3.14. The van der Waals surface area contributed by atoms with Crippen molar-refractivity contribution in [3.05, 3.63) is 28.8 Å². The molecule has 1 aromatic rings. The van der Waals surface area contributed by atoms with Gasteiger partial charge in [0.1, 0.15) is 6.61 Å². The maximum absolute atomic E-state index is 11.3. The Hall–Kier alpha value is -1.06. The first-order valence-corrected chi connectivity index (χ1v) is 5.15. The monoisotopic (exact) mass is 227 g/mol. The molecule has 0 aliphatic rings. The number of aryl methyl sites for hydroxylation is 1. The Morgan fingerprint density at radius 2 is 2.27 bits per heavy atom. The number of hydrogen-bond donors (Lipinski definition) is 1. The van der Waals surface area contributed by atoms with Crippen LogP contribution in [-0.4, -0.2) is 19.1 Å². The fourth-order valence-electron chi connectivity index (χ4n) is 1.15. The van der Waals surface area contributed by atoms with E-state index in [0.29, 0.717) is 11.6 Å². The lowest BCUT2D eigenvalue weighted by Gasteiger charge is -2.08. The van der Waals surface area contributed by atoms with Gasteiger partial charge in [0.05, 0.1) is 0 Å². The Kier molecular flexibility index (Phi) is 4.59. The van der Waals surface area contributed by atoms with Gasteiger partial charge in [0.15, 0.2) is 0 Å². The van der Waals surface area contributed by atoms with Gasteiger partial charge in [-0.15, -0.1) is 0 Å². The van der Waals surface area contributed by atoms with E-state index in [1.807, 2.05) is 13.8 Å². The van der Waals surface area contributed by atoms with E-state index in [9.17, 15) is 4.79 Å². The summed E-state index contributed by atoms with van der Waals surface area (Å²) in [5, 5.41) is 3.41. The lowest BCUT2D eigenvalue weighted by molar-refractivity contribution is -0.120. The van der Waals surface area contributed by atoms with Crippen LogP contribution in [0.15, 0.2) is 18.2 Å². The van der Waals surface area contributed by atoms with E-state index >= 15 is 0 Å².